The Balaban J connectivity index is 1.33. The number of imidazole rings is 1. The normalized spacial score (nSPS) is 19.4. The molecule has 216 valence electrons. The first-order chi connectivity index (χ1) is 20.9. The van der Waals surface area contributed by atoms with Gasteiger partial charge in [-0.15, -0.1) is 0 Å². The van der Waals surface area contributed by atoms with E-state index in [1.165, 1.54) is 0 Å². The van der Waals surface area contributed by atoms with Gasteiger partial charge in [0.2, 0.25) is 0 Å². The minimum absolute atomic E-state index is 0.237. The molecule has 0 bridgehead atoms. The third-order valence-corrected chi connectivity index (χ3v) is 8.95. The number of pyridine rings is 1. The van der Waals surface area contributed by atoms with Gasteiger partial charge in [0.05, 0.1) is 27.8 Å². The van der Waals surface area contributed by atoms with Crippen LogP contribution in [0.1, 0.15) is 46.9 Å². The standard InChI is InChI=1S/C35H31ClN4O3/c1-43-35(36)16-13-27(22-5-3-2-4-6-22)28(21-35)30-11-7-23-19-24(8-10-29(23)38-30)33-39-31-20-25(34(41)42)9-12-32(31)40(33)26-14-17-37-18-15-26/h2-13,16,19-20,26,37H,14-15,17-18,21H2,1H3,(H,41,42). The average Bonchev–Trinajstić information content (AvgIpc) is 3.44. The Morgan fingerprint density at radius 3 is 2.56 bits per heavy atom. The number of carbonyl (C=O) groups is 1. The summed E-state index contributed by atoms with van der Waals surface area (Å²) in [7, 11) is 1.62. The highest BCUT2D eigenvalue weighted by molar-refractivity contribution is 6.25. The average molecular weight is 591 g/mol. The molecule has 1 aliphatic heterocycles. The molecule has 1 fully saturated rings. The molecule has 0 saturated carbocycles. The van der Waals surface area contributed by atoms with Crippen molar-refractivity contribution in [2.24, 2.45) is 0 Å². The van der Waals surface area contributed by atoms with E-state index in [0.717, 1.165) is 76.1 Å². The van der Waals surface area contributed by atoms with Gasteiger partial charge in [0.15, 0.2) is 5.06 Å². The van der Waals surface area contributed by atoms with Gasteiger partial charge in [0.25, 0.3) is 0 Å². The van der Waals surface area contributed by atoms with Gasteiger partial charge in [-0.2, -0.15) is 0 Å². The van der Waals surface area contributed by atoms with E-state index < -0.39 is 11.0 Å². The van der Waals surface area contributed by atoms with Crippen LogP contribution in [-0.4, -0.2) is 50.9 Å². The molecular weight excluding hydrogens is 560 g/mol. The fourth-order valence-corrected chi connectivity index (χ4v) is 6.46. The summed E-state index contributed by atoms with van der Waals surface area (Å²) < 4.78 is 7.94. The van der Waals surface area contributed by atoms with Gasteiger partial charge in [-0.1, -0.05) is 54.1 Å². The molecular formula is C35H31ClN4O3. The molecule has 5 aromatic rings. The maximum absolute atomic E-state index is 11.7. The molecule has 2 N–H and O–H groups in total. The van der Waals surface area contributed by atoms with Crippen molar-refractivity contribution in [2.45, 2.75) is 30.4 Å². The van der Waals surface area contributed by atoms with E-state index in [0.29, 0.717) is 11.9 Å². The molecule has 1 atom stereocenters. The molecule has 3 aromatic carbocycles. The number of ether oxygens (including phenoxy) is 1. The van der Waals surface area contributed by atoms with Gasteiger partial charge >= 0.3 is 5.97 Å². The summed E-state index contributed by atoms with van der Waals surface area (Å²) in [6.07, 6.45) is 6.38. The molecule has 0 spiro atoms. The van der Waals surface area contributed by atoms with Crippen LogP contribution in [0, 0.1) is 0 Å². The fraction of sp³-hybridized carbons (Fsp3) is 0.229. The van der Waals surface area contributed by atoms with Crippen molar-refractivity contribution in [2.75, 3.05) is 20.2 Å². The summed E-state index contributed by atoms with van der Waals surface area (Å²) in [4.78, 5) is 21.8. The van der Waals surface area contributed by atoms with E-state index in [9.17, 15) is 9.90 Å². The van der Waals surface area contributed by atoms with Crippen LogP contribution in [0.15, 0.2) is 91.0 Å². The van der Waals surface area contributed by atoms with E-state index >= 15 is 0 Å². The van der Waals surface area contributed by atoms with Gasteiger partial charge in [-0.3, -0.25) is 0 Å². The molecule has 0 amide bonds. The minimum atomic E-state index is -0.955. The largest absolute Gasteiger partial charge is 0.478 e. The number of halogens is 1. The van der Waals surface area contributed by atoms with Crippen LogP contribution in [0.4, 0.5) is 0 Å². The molecule has 2 aliphatic rings. The predicted octanol–water partition coefficient (Wildman–Crippen LogP) is 7.33. The zero-order valence-electron chi connectivity index (χ0n) is 23.8. The van der Waals surface area contributed by atoms with Crippen molar-refractivity contribution in [3.05, 3.63) is 108 Å². The number of allylic oxidation sites excluding steroid dienone is 2. The van der Waals surface area contributed by atoms with Crippen LogP contribution < -0.4 is 5.32 Å². The topological polar surface area (TPSA) is 89.3 Å². The van der Waals surface area contributed by atoms with E-state index in [-0.39, 0.29) is 11.6 Å². The van der Waals surface area contributed by atoms with E-state index in [1.807, 2.05) is 48.6 Å². The Hall–Kier alpha value is -4.30. The summed E-state index contributed by atoms with van der Waals surface area (Å²) in [5.41, 5.74) is 7.78. The molecule has 0 radical (unpaired) electrons. The number of rotatable bonds is 6. The first kappa shape index (κ1) is 27.5. The number of piperidine rings is 1. The number of carboxylic acids is 1. The number of aromatic carboxylic acids is 1. The quantitative estimate of drug-likeness (QED) is 0.201. The molecule has 8 heteroatoms. The first-order valence-corrected chi connectivity index (χ1v) is 14.9. The monoisotopic (exact) mass is 590 g/mol. The van der Waals surface area contributed by atoms with Gasteiger partial charge in [-0.25, -0.2) is 14.8 Å². The number of methoxy groups -OCH3 is 1. The maximum Gasteiger partial charge on any atom is 0.335 e. The van der Waals surface area contributed by atoms with Gasteiger partial charge in [-0.05, 0) is 91.2 Å². The zero-order chi connectivity index (χ0) is 29.6. The van der Waals surface area contributed by atoms with Crippen molar-refractivity contribution in [3.8, 4) is 11.4 Å². The lowest BCUT2D eigenvalue weighted by Gasteiger charge is -2.28. The van der Waals surface area contributed by atoms with Crippen LogP contribution in [0.3, 0.4) is 0 Å². The smallest absolute Gasteiger partial charge is 0.335 e. The third-order valence-electron chi connectivity index (χ3n) is 8.53. The highest BCUT2D eigenvalue weighted by Crippen LogP contribution is 2.42. The van der Waals surface area contributed by atoms with Crippen molar-refractivity contribution >= 4 is 50.7 Å². The number of hydrogen-bond donors (Lipinski definition) is 2. The maximum atomic E-state index is 11.7. The van der Waals surface area contributed by atoms with Crippen LogP contribution in [-0.2, 0) is 4.74 Å². The molecule has 1 unspecified atom stereocenters. The second-order valence-corrected chi connectivity index (χ2v) is 11.8. The Labute approximate surface area is 254 Å². The number of alkyl halides is 1. The van der Waals surface area contributed by atoms with Crippen LogP contribution in [0.2, 0.25) is 0 Å². The van der Waals surface area contributed by atoms with Crippen molar-refractivity contribution in [3.63, 3.8) is 0 Å². The van der Waals surface area contributed by atoms with E-state index in [1.54, 1.807) is 19.2 Å². The lowest BCUT2D eigenvalue weighted by Crippen LogP contribution is -2.29. The van der Waals surface area contributed by atoms with Crippen molar-refractivity contribution in [1.29, 1.82) is 0 Å². The summed E-state index contributed by atoms with van der Waals surface area (Å²) in [5.74, 6) is -0.114. The zero-order valence-corrected chi connectivity index (χ0v) is 24.5. The highest BCUT2D eigenvalue weighted by Gasteiger charge is 2.31. The Kier molecular flexibility index (Phi) is 7.09. The Bertz CT molecular complexity index is 1920. The molecule has 7 nitrogen and oxygen atoms in total. The second kappa shape index (κ2) is 11.1. The van der Waals surface area contributed by atoms with Gasteiger partial charge < -0.3 is 19.7 Å². The van der Waals surface area contributed by atoms with Crippen LogP contribution in [0.25, 0.3) is 44.5 Å². The molecule has 7 rings (SSSR count). The lowest BCUT2D eigenvalue weighted by molar-refractivity contribution is 0.0697. The van der Waals surface area contributed by atoms with Gasteiger partial charge in [0.1, 0.15) is 5.82 Å². The SMILES string of the molecule is COC1(Cl)C=CC(c2ccccc2)=C(c2ccc3cc(-c4nc5cc(C(=O)O)ccc5n4C4CCNCC4)ccc3n2)C1. The van der Waals surface area contributed by atoms with E-state index in [2.05, 4.69) is 40.2 Å². The predicted molar refractivity (Wildman–Crippen MR) is 171 cm³/mol. The molecule has 43 heavy (non-hydrogen) atoms. The van der Waals surface area contributed by atoms with Gasteiger partial charge in [0, 0.05) is 30.5 Å². The Morgan fingerprint density at radius 2 is 1.79 bits per heavy atom. The summed E-state index contributed by atoms with van der Waals surface area (Å²) in [6.45, 7) is 1.87. The fourth-order valence-electron chi connectivity index (χ4n) is 6.26. The number of aromatic nitrogens is 3. The van der Waals surface area contributed by atoms with Crippen LogP contribution in [0.5, 0.6) is 0 Å². The van der Waals surface area contributed by atoms with Crippen molar-refractivity contribution in [1.82, 2.24) is 19.9 Å². The Morgan fingerprint density at radius 1 is 0.977 bits per heavy atom. The lowest BCUT2D eigenvalue weighted by atomic mass is 9.88. The summed E-state index contributed by atoms with van der Waals surface area (Å²) >= 11 is 6.79. The number of carboxylic acid groups (broad SMARTS) is 1. The van der Waals surface area contributed by atoms with E-state index in [4.69, 9.17) is 26.3 Å². The molecule has 1 aliphatic carbocycles. The second-order valence-electron chi connectivity index (χ2n) is 11.2. The highest BCUT2D eigenvalue weighted by atomic mass is 35.5. The first-order valence-electron chi connectivity index (χ1n) is 14.5. The van der Waals surface area contributed by atoms with Crippen molar-refractivity contribution < 1.29 is 14.6 Å². The summed E-state index contributed by atoms with van der Waals surface area (Å²) in [6, 6.07) is 26.1. The third kappa shape index (κ3) is 5.14. The molecule has 2 aromatic heterocycles. The molecule has 3 heterocycles. The number of hydrogen-bond acceptors (Lipinski definition) is 5. The number of fused-ring (bicyclic) bond motifs is 2. The number of nitrogens with one attached hydrogen (secondary N) is 1. The van der Waals surface area contributed by atoms with Crippen LogP contribution >= 0.6 is 11.6 Å². The number of nitrogens with zero attached hydrogens (tertiary/aromatic N) is 3. The summed E-state index contributed by atoms with van der Waals surface area (Å²) in [5, 5.41) is 13.1. The minimum Gasteiger partial charge on any atom is -0.478 e. The number of benzene rings is 3. The molecule has 1 saturated heterocycles.